The van der Waals surface area contributed by atoms with Crippen LogP contribution in [-0.2, 0) is 20.5 Å². The van der Waals surface area contributed by atoms with E-state index in [0.29, 0.717) is 40.7 Å². The molecule has 3 unspecified atom stereocenters. The zero-order valence-corrected chi connectivity index (χ0v) is 24.0. The van der Waals surface area contributed by atoms with Gasteiger partial charge in [0.05, 0.1) is 43.3 Å². The van der Waals surface area contributed by atoms with Crippen LogP contribution in [0.2, 0.25) is 5.02 Å². The molecule has 2 aliphatic heterocycles. The van der Waals surface area contributed by atoms with Crippen molar-refractivity contribution in [2.24, 2.45) is 0 Å². The third-order valence-corrected chi connectivity index (χ3v) is 9.41. The third-order valence-electron chi connectivity index (χ3n) is 7.32. The molecule has 40 heavy (non-hydrogen) atoms. The average Bonchev–Trinajstić information content (AvgIpc) is 3.61. The Morgan fingerprint density at radius 2 is 1.88 bits per heavy atom. The second kappa shape index (κ2) is 12.1. The summed E-state index contributed by atoms with van der Waals surface area (Å²) >= 11 is 6.13. The number of rotatable bonds is 9. The van der Waals surface area contributed by atoms with Crippen molar-refractivity contribution >= 4 is 27.5 Å². The highest BCUT2D eigenvalue weighted by atomic mass is 35.5. The lowest BCUT2D eigenvalue weighted by atomic mass is 10.1. The molecule has 9 nitrogen and oxygen atoms in total. The van der Waals surface area contributed by atoms with Crippen LogP contribution in [-0.4, -0.2) is 74.6 Å². The molecule has 212 valence electrons. The minimum atomic E-state index is -3.59. The van der Waals surface area contributed by atoms with Crippen LogP contribution in [0.3, 0.4) is 0 Å². The van der Waals surface area contributed by atoms with Crippen LogP contribution < -0.4 is 9.47 Å². The van der Waals surface area contributed by atoms with Gasteiger partial charge in [-0.15, -0.1) is 0 Å². The van der Waals surface area contributed by atoms with Crippen molar-refractivity contribution < 1.29 is 27.4 Å². The Morgan fingerprint density at radius 1 is 1.05 bits per heavy atom. The van der Waals surface area contributed by atoms with Gasteiger partial charge in [0.25, 0.3) is 5.91 Å². The molecule has 11 heteroatoms. The number of halogens is 1. The summed E-state index contributed by atoms with van der Waals surface area (Å²) in [5.41, 5.74) is 1.75. The molecule has 2 fully saturated rings. The molecule has 5 rings (SSSR count). The highest BCUT2D eigenvalue weighted by Crippen LogP contribution is 2.34. The lowest BCUT2D eigenvalue weighted by Gasteiger charge is -2.24. The molecule has 0 N–H and O–H groups in total. The molecule has 0 saturated carbocycles. The number of carbonyl (C=O) groups excluding carboxylic acids is 1. The molecule has 2 aromatic carbocycles. The number of carbonyl (C=O) groups is 1. The Labute approximate surface area is 239 Å². The van der Waals surface area contributed by atoms with E-state index in [1.54, 1.807) is 65.0 Å². The number of hydrogen-bond donors (Lipinski definition) is 0. The summed E-state index contributed by atoms with van der Waals surface area (Å²) in [5, 5.41) is 0.437. The molecule has 1 amide bonds. The molecule has 0 aliphatic carbocycles. The van der Waals surface area contributed by atoms with Crippen LogP contribution in [0.4, 0.5) is 0 Å². The van der Waals surface area contributed by atoms with Crippen molar-refractivity contribution in [1.29, 1.82) is 0 Å². The number of aromatic nitrogens is 1. The SMILES string of the molecule is COc1ccc(Cl)cc1C(=O)N1CC(OC)C(Oc2cccc(CS(=O)(=O)N3CCCC3c3ccccn3)c2)C1. The van der Waals surface area contributed by atoms with E-state index < -0.39 is 16.1 Å². The van der Waals surface area contributed by atoms with Crippen LogP contribution in [0.5, 0.6) is 11.5 Å². The fourth-order valence-electron chi connectivity index (χ4n) is 5.39. The molecule has 0 spiro atoms. The van der Waals surface area contributed by atoms with Gasteiger partial charge in [0.1, 0.15) is 23.7 Å². The summed E-state index contributed by atoms with van der Waals surface area (Å²) < 4.78 is 45.7. The molecule has 2 saturated heterocycles. The molecule has 0 radical (unpaired) electrons. The number of amides is 1. The number of sulfonamides is 1. The van der Waals surface area contributed by atoms with E-state index in [9.17, 15) is 13.2 Å². The van der Waals surface area contributed by atoms with Crippen LogP contribution in [0.25, 0.3) is 0 Å². The van der Waals surface area contributed by atoms with E-state index in [4.69, 9.17) is 25.8 Å². The number of benzene rings is 2. The Morgan fingerprint density at radius 3 is 2.62 bits per heavy atom. The first-order valence-electron chi connectivity index (χ1n) is 13.1. The van der Waals surface area contributed by atoms with Crippen molar-refractivity contribution in [3.8, 4) is 11.5 Å². The summed E-state index contributed by atoms with van der Waals surface area (Å²) in [7, 11) is -0.514. The zero-order chi connectivity index (χ0) is 28.3. The van der Waals surface area contributed by atoms with Gasteiger partial charge in [-0.05, 0) is 60.9 Å². The summed E-state index contributed by atoms with van der Waals surface area (Å²) in [6, 6.07) is 17.3. The highest BCUT2D eigenvalue weighted by molar-refractivity contribution is 7.88. The lowest BCUT2D eigenvalue weighted by Crippen LogP contribution is -2.32. The van der Waals surface area contributed by atoms with Gasteiger partial charge in [-0.25, -0.2) is 8.42 Å². The molecule has 3 atom stereocenters. The minimum absolute atomic E-state index is 0.148. The van der Waals surface area contributed by atoms with Gasteiger partial charge in [-0.2, -0.15) is 4.31 Å². The second-order valence-electron chi connectivity index (χ2n) is 9.91. The van der Waals surface area contributed by atoms with Gasteiger partial charge in [-0.1, -0.05) is 29.8 Å². The van der Waals surface area contributed by atoms with Crippen LogP contribution in [0.1, 0.15) is 40.5 Å². The average molecular weight is 586 g/mol. The largest absolute Gasteiger partial charge is 0.496 e. The molecule has 2 aliphatic rings. The van der Waals surface area contributed by atoms with Crippen molar-refractivity contribution in [3.05, 3.63) is 88.7 Å². The minimum Gasteiger partial charge on any atom is -0.496 e. The molecular weight excluding hydrogens is 554 g/mol. The molecular formula is C29H32ClN3O6S. The summed E-state index contributed by atoms with van der Waals surface area (Å²) in [5.74, 6) is 0.563. The maximum Gasteiger partial charge on any atom is 0.257 e. The van der Waals surface area contributed by atoms with E-state index in [0.717, 1.165) is 18.5 Å². The smallest absolute Gasteiger partial charge is 0.257 e. The van der Waals surface area contributed by atoms with Gasteiger partial charge >= 0.3 is 0 Å². The number of hydrogen-bond acceptors (Lipinski definition) is 7. The number of likely N-dealkylation sites (tertiary alicyclic amines) is 1. The van der Waals surface area contributed by atoms with Gasteiger partial charge in [0.2, 0.25) is 10.0 Å². The van der Waals surface area contributed by atoms with E-state index in [1.165, 1.54) is 7.11 Å². The van der Waals surface area contributed by atoms with Crippen molar-refractivity contribution in [1.82, 2.24) is 14.2 Å². The quantitative estimate of drug-likeness (QED) is 0.369. The lowest BCUT2D eigenvalue weighted by molar-refractivity contribution is 0.0339. The standard InChI is InChI=1S/C29H32ClN3O6S/c1-37-26-12-11-21(30)16-23(26)29(34)32-17-27(38-2)28(18-32)39-22-8-5-7-20(15-22)19-40(35,36)33-14-6-10-25(33)24-9-3-4-13-31-24/h3-5,7-9,11-13,15-16,25,27-28H,6,10,14,17-19H2,1-2H3. The van der Waals surface area contributed by atoms with Crippen molar-refractivity contribution in [3.63, 3.8) is 0 Å². The first-order valence-corrected chi connectivity index (χ1v) is 15.1. The Bertz CT molecular complexity index is 1460. The van der Waals surface area contributed by atoms with Gasteiger partial charge in [0, 0.05) is 24.9 Å². The van der Waals surface area contributed by atoms with Crippen LogP contribution >= 0.6 is 11.6 Å². The zero-order valence-electron chi connectivity index (χ0n) is 22.4. The number of ether oxygens (including phenoxy) is 3. The number of methoxy groups -OCH3 is 2. The summed E-state index contributed by atoms with van der Waals surface area (Å²) in [6.45, 7) is 1.08. The predicted molar refractivity (Wildman–Crippen MR) is 151 cm³/mol. The van der Waals surface area contributed by atoms with Crippen molar-refractivity contribution in [2.75, 3.05) is 33.9 Å². The van der Waals surface area contributed by atoms with Gasteiger partial charge in [-0.3, -0.25) is 9.78 Å². The van der Waals surface area contributed by atoms with E-state index in [2.05, 4.69) is 4.98 Å². The second-order valence-corrected chi connectivity index (χ2v) is 12.3. The van der Waals surface area contributed by atoms with E-state index >= 15 is 0 Å². The summed E-state index contributed by atoms with van der Waals surface area (Å²) in [6.07, 6.45) is 2.41. The monoisotopic (exact) mass is 585 g/mol. The van der Waals surface area contributed by atoms with Gasteiger partial charge < -0.3 is 19.1 Å². The first-order chi connectivity index (χ1) is 19.3. The first kappa shape index (κ1) is 28.4. The van der Waals surface area contributed by atoms with Crippen molar-refractivity contribution in [2.45, 2.75) is 36.8 Å². The topological polar surface area (TPSA) is 98.3 Å². The van der Waals surface area contributed by atoms with E-state index in [1.807, 2.05) is 18.2 Å². The number of nitrogens with zero attached hydrogens (tertiary/aromatic N) is 3. The fraction of sp³-hybridized carbons (Fsp3) is 0.379. The summed E-state index contributed by atoms with van der Waals surface area (Å²) in [4.78, 5) is 19.3. The number of pyridine rings is 1. The van der Waals surface area contributed by atoms with Crippen LogP contribution in [0.15, 0.2) is 66.9 Å². The molecule has 3 aromatic rings. The van der Waals surface area contributed by atoms with E-state index in [-0.39, 0.29) is 30.4 Å². The third kappa shape index (κ3) is 6.10. The maximum absolute atomic E-state index is 13.4. The van der Waals surface area contributed by atoms with Gasteiger partial charge in [0.15, 0.2) is 0 Å². The predicted octanol–water partition coefficient (Wildman–Crippen LogP) is 4.33. The normalized spacial score (nSPS) is 21.5. The highest BCUT2D eigenvalue weighted by Gasteiger charge is 2.39. The Hall–Kier alpha value is -3.18. The Balaban J connectivity index is 1.28. The maximum atomic E-state index is 13.4. The fourth-order valence-corrected chi connectivity index (χ4v) is 7.33. The van der Waals surface area contributed by atoms with Crippen LogP contribution in [0, 0.1) is 0 Å². The molecule has 1 aromatic heterocycles. The molecule has 0 bridgehead atoms. The molecule has 3 heterocycles. The Kier molecular flexibility index (Phi) is 8.60.